The van der Waals surface area contributed by atoms with E-state index in [9.17, 15) is 14.4 Å². The highest BCUT2D eigenvalue weighted by atomic mass is 16.4. The molecule has 0 aromatic heterocycles. The molecule has 2 rings (SSSR count). The zero-order chi connectivity index (χ0) is 18.2. The highest BCUT2D eigenvalue weighted by Crippen LogP contribution is 2.14. The normalized spacial score (nSPS) is 11.4. The maximum absolute atomic E-state index is 12.3. The zero-order valence-corrected chi connectivity index (χ0v) is 13.9. The molecule has 2 aromatic carbocycles. The number of hydrogen-bond donors (Lipinski definition) is 3. The maximum atomic E-state index is 12.3. The van der Waals surface area contributed by atoms with Crippen LogP contribution in [0.2, 0.25) is 0 Å². The first kappa shape index (κ1) is 18.2. The minimum atomic E-state index is -0.962. The maximum Gasteiger partial charge on any atom is 0.319 e. The smallest absolute Gasteiger partial charge is 0.319 e. The van der Waals surface area contributed by atoms with Gasteiger partial charge in [0.1, 0.15) is 0 Å². The van der Waals surface area contributed by atoms with Crippen molar-refractivity contribution in [2.45, 2.75) is 25.8 Å². The van der Waals surface area contributed by atoms with Gasteiger partial charge in [-0.2, -0.15) is 0 Å². The van der Waals surface area contributed by atoms with Crippen molar-refractivity contribution in [2.75, 3.05) is 5.32 Å². The Hall–Kier alpha value is -3.15. The van der Waals surface area contributed by atoms with Crippen LogP contribution in [0, 0.1) is 0 Å². The van der Waals surface area contributed by atoms with Crippen molar-refractivity contribution < 1.29 is 19.5 Å². The van der Waals surface area contributed by atoms with Crippen LogP contribution in [0.1, 0.15) is 35.7 Å². The van der Waals surface area contributed by atoms with Crippen molar-refractivity contribution in [3.05, 3.63) is 65.7 Å². The van der Waals surface area contributed by atoms with Gasteiger partial charge < -0.3 is 15.7 Å². The molecule has 1 atom stereocenters. The van der Waals surface area contributed by atoms with E-state index >= 15 is 0 Å². The van der Waals surface area contributed by atoms with Gasteiger partial charge in [-0.15, -0.1) is 0 Å². The van der Waals surface area contributed by atoms with Crippen LogP contribution in [0.15, 0.2) is 54.6 Å². The van der Waals surface area contributed by atoms with Crippen LogP contribution < -0.4 is 10.6 Å². The van der Waals surface area contributed by atoms with E-state index in [2.05, 4.69) is 10.6 Å². The van der Waals surface area contributed by atoms with Crippen LogP contribution >= 0.6 is 0 Å². The fourth-order valence-electron chi connectivity index (χ4n) is 2.32. The second-order valence-electron chi connectivity index (χ2n) is 5.57. The molecule has 0 saturated heterocycles. The number of nitrogens with one attached hydrogen (secondary N) is 2. The van der Waals surface area contributed by atoms with Gasteiger partial charge in [0.05, 0.1) is 6.42 Å². The summed E-state index contributed by atoms with van der Waals surface area (Å²) in [5.74, 6) is -1.06. The number of urea groups is 1. The number of hydrogen-bond acceptors (Lipinski definition) is 3. The summed E-state index contributed by atoms with van der Waals surface area (Å²) in [5.41, 5.74) is 1.64. The number of carboxylic acid groups (broad SMARTS) is 1. The lowest BCUT2D eigenvalue weighted by Crippen LogP contribution is -2.38. The number of carbonyl (C=O) groups is 3. The van der Waals surface area contributed by atoms with Gasteiger partial charge >= 0.3 is 12.0 Å². The van der Waals surface area contributed by atoms with E-state index in [1.807, 2.05) is 6.07 Å². The summed E-state index contributed by atoms with van der Waals surface area (Å²) in [6, 6.07) is 14.6. The second-order valence-corrected chi connectivity index (χ2v) is 5.57. The van der Waals surface area contributed by atoms with E-state index in [4.69, 9.17) is 5.11 Å². The van der Waals surface area contributed by atoms with Crippen molar-refractivity contribution in [3.63, 3.8) is 0 Å². The van der Waals surface area contributed by atoms with Crippen molar-refractivity contribution in [3.8, 4) is 0 Å². The van der Waals surface area contributed by atoms with E-state index in [1.165, 1.54) is 0 Å². The number of carboxylic acids is 1. The summed E-state index contributed by atoms with van der Waals surface area (Å²) < 4.78 is 0. The SMILES string of the molecule is CC[C@@H](CC(=O)O)NC(=O)Nc1ccc(C(=O)c2ccccc2)cc1. The molecule has 0 unspecified atom stereocenters. The van der Waals surface area contributed by atoms with Gasteiger partial charge in [-0.1, -0.05) is 37.3 Å². The molecule has 0 fully saturated rings. The van der Waals surface area contributed by atoms with Crippen molar-refractivity contribution in [1.82, 2.24) is 5.32 Å². The zero-order valence-electron chi connectivity index (χ0n) is 13.9. The number of anilines is 1. The van der Waals surface area contributed by atoms with Crippen LogP contribution in [0.4, 0.5) is 10.5 Å². The first-order chi connectivity index (χ1) is 12.0. The minimum absolute atomic E-state index is 0.0934. The van der Waals surface area contributed by atoms with Crippen LogP contribution in [-0.4, -0.2) is 28.9 Å². The Kier molecular flexibility index (Phi) is 6.28. The molecule has 0 radical (unpaired) electrons. The second kappa shape index (κ2) is 8.63. The van der Waals surface area contributed by atoms with Gasteiger partial charge in [0.25, 0.3) is 0 Å². The summed E-state index contributed by atoms with van der Waals surface area (Å²) in [7, 11) is 0. The molecule has 0 spiro atoms. The van der Waals surface area contributed by atoms with Gasteiger partial charge in [-0.25, -0.2) is 4.79 Å². The van der Waals surface area contributed by atoms with Crippen LogP contribution in [-0.2, 0) is 4.79 Å². The number of rotatable bonds is 7. The molecule has 0 heterocycles. The van der Waals surface area contributed by atoms with Crippen molar-refractivity contribution in [2.24, 2.45) is 0 Å². The van der Waals surface area contributed by atoms with Crippen LogP contribution in [0.5, 0.6) is 0 Å². The summed E-state index contributed by atoms with van der Waals surface area (Å²) in [6.45, 7) is 1.80. The van der Waals surface area contributed by atoms with E-state index < -0.39 is 18.0 Å². The molecule has 2 amide bonds. The summed E-state index contributed by atoms with van der Waals surface area (Å²) in [5, 5.41) is 14.0. The molecule has 25 heavy (non-hydrogen) atoms. The standard InChI is InChI=1S/C19H20N2O4/c1-2-15(12-17(22)23)20-19(25)21-16-10-8-14(9-11-16)18(24)13-6-4-3-5-7-13/h3-11,15H,2,12H2,1H3,(H,22,23)(H2,20,21,25)/t15-/m0/s1. The Balaban J connectivity index is 1.97. The molecule has 6 nitrogen and oxygen atoms in total. The topological polar surface area (TPSA) is 95.5 Å². The van der Waals surface area contributed by atoms with Gasteiger partial charge in [-0.05, 0) is 30.7 Å². The van der Waals surface area contributed by atoms with Gasteiger partial charge in [0.15, 0.2) is 5.78 Å². The lowest BCUT2D eigenvalue weighted by molar-refractivity contribution is -0.137. The molecule has 130 valence electrons. The summed E-state index contributed by atoms with van der Waals surface area (Å²) >= 11 is 0. The van der Waals surface area contributed by atoms with Gasteiger partial charge in [-0.3, -0.25) is 9.59 Å². The molecule has 2 aromatic rings. The number of ketones is 1. The van der Waals surface area contributed by atoms with E-state index in [-0.39, 0.29) is 12.2 Å². The van der Waals surface area contributed by atoms with Crippen LogP contribution in [0.25, 0.3) is 0 Å². The molecule has 0 aliphatic rings. The monoisotopic (exact) mass is 340 g/mol. The minimum Gasteiger partial charge on any atom is -0.481 e. The van der Waals surface area contributed by atoms with E-state index in [0.29, 0.717) is 23.2 Å². The number of carbonyl (C=O) groups excluding carboxylic acids is 2. The van der Waals surface area contributed by atoms with Gasteiger partial charge in [0, 0.05) is 22.9 Å². The molecular formula is C19H20N2O4. The van der Waals surface area contributed by atoms with Crippen molar-refractivity contribution >= 4 is 23.5 Å². The number of aliphatic carboxylic acids is 1. The van der Waals surface area contributed by atoms with Gasteiger partial charge in [0.2, 0.25) is 0 Å². The largest absolute Gasteiger partial charge is 0.481 e. The molecule has 0 aliphatic carbocycles. The van der Waals surface area contributed by atoms with E-state index in [0.717, 1.165) is 0 Å². The lowest BCUT2D eigenvalue weighted by Gasteiger charge is -2.15. The average Bonchev–Trinajstić information content (AvgIpc) is 2.61. The predicted octanol–water partition coefficient (Wildman–Crippen LogP) is 3.29. The number of benzene rings is 2. The molecule has 3 N–H and O–H groups in total. The fraction of sp³-hybridized carbons (Fsp3) is 0.211. The summed E-state index contributed by atoms with van der Waals surface area (Å²) in [6.07, 6.45) is 0.388. The first-order valence-corrected chi connectivity index (χ1v) is 7.98. The Morgan fingerprint density at radius 1 is 0.960 bits per heavy atom. The third-order valence-electron chi connectivity index (χ3n) is 3.69. The number of amides is 2. The molecule has 0 bridgehead atoms. The Morgan fingerprint density at radius 3 is 2.12 bits per heavy atom. The Morgan fingerprint density at radius 2 is 1.56 bits per heavy atom. The molecular weight excluding hydrogens is 320 g/mol. The Bertz CT molecular complexity index is 742. The van der Waals surface area contributed by atoms with Crippen molar-refractivity contribution in [1.29, 1.82) is 0 Å². The van der Waals surface area contributed by atoms with E-state index in [1.54, 1.807) is 55.5 Å². The fourth-order valence-corrected chi connectivity index (χ4v) is 2.32. The molecule has 0 aliphatic heterocycles. The quantitative estimate of drug-likeness (QED) is 0.674. The highest BCUT2D eigenvalue weighted by molar-refractivity contribution is 6.09. The van der Waals surface area contributed by atoms with Crippen LogP contribution in [0.3, 0.4) is 0 Å². The third-order valence-corrected chi connectivity index (χ3v) is 3.69. The third kappa shape index (κ3) is 5.46. The predicted molar refractivity (Wildman–Crippen MR) is 94.8 cm³/mol. The molecule has 6 heteroatoms. The average molecular weight is 340 g/mol. The first-order valence-electron chi connectivity index (χ1n) is 7.98. The highest BCUT2D eigenvalue weighted by Gasteiger charge is 2.14. The lowest BCUT2D eigenvalue weighted by atomic mass is 10.0. The summed E-state index contributed by atoms with van der Waals surface area (Å²) in [4.78, 5) is 35.0. The Labute approximate surface area is 145 Å². The molecule has 0 saturated carbocycles.